The Hall–Kier alpha value is -3.61. The van der Waals surface area contributed by atoms with Gasteiger partial charge in [0.15, 0.2) is 0 Å². The first-order valence-corrected chi connectivity index (χ1v) is 15.7. The summed E-state index contributed by atoms with van der Waals surface area (Å²) in [5, 5.41) is 2.65. The standard InChI is InChI=1S/C28H33N3O7S2/c1-4-38-23-11-9-22(10-12-23)31(40(35,36)24-13-7-21(2)8-14-24)20-28(32)29-26-19-25(15-16-27(26)37-3)39(33,34)30-17-5-6-18-30/h7-16,19H,4-6,17-18,20H2,1-3H3,(H,29,32). The third-order valence-electron chi connectivity index (χ3n) is 6.48. The van der Waals surface area contributed by atoms with Crippen molar-refractivity contribution in [3.8, 4) is 11.5 Å². The number of nitrogens with one attached hydrogen (secondary N) is 1. The van der Waals surface area contributed by atoms with Gasteiger partial charge in [0.05, 0.1) is 34.9 Å². The number of ether oxygens (including phenoxy) is 2. The normalized spacial score (nSPS) is 14.1. The molecule has 0 bridgehead atoms. The minimum atomic E-state index is -4.14. The Kier molecular flexibility index (Phi) is 9.02. The molecule has 1 N–H and O–H groups in total. The van der Waals surface area contributed by atoms with E-state index in [4.69, 9.17) is 9.47 Å². The second kappa shape index (κ2) is 12.3. The van der Waals surface area contributed by atoms with Crippen LogP contribution in [0.3, 0.4) is 0 Å². The van der Waals surface area contributed by atoms with E-state index in [1.54, 1.807) is 36.4 Å². The van der Waals surface area contributed by atoms with Crippen LogP contribution in [0.25, 0.3) is 0 Å². The molecule has 3 aromatic rings. The van der Waals surface area contributed by atoms with Crippen molar-refractivity contribution >= 4 is 37.3 Å². The molecule has 3 aromatic carbocycles. The van der Waals surface area contributed by atoms with Gasteiger partial charge in [-0.05, 0) is 81.3 Å². The van der Waals surface area contributed by atoms with Crippen LogP contribution in [0.15, 0.2) is 76.5 Å². The Balaban J connectivity index is 1.65. The largest absolute Gasteiger partial charge is 0.495 e. The highest BCUT2D eigenvalue weighted by Gasteiger charge is 2.30. The van der Waals surface area contributed by atoms with Gasteiger partial charge in [0.1, 0.15) is 18.0 Å². The predicted octanol–water partition coefficient (Wildman–Crippen LogP) is 4.02. The molecule has 1 fully saturated rings. The van der Waals surface area contributed by atoms with E-state index in [1.165, 1.54) is 41.7 Å². The number of anilines is 2. The highest BCUT2D eigenvalue weighted by atomic mass is 32.2. The van der Waals surface area contributed by atoms with Crippen molar-refractivity contribution in [2.45, 2.75) is 36.5 Å². The number of methoxy groups -OCH3 is 1. The molecule has 0 aliphatic carbocycles. The van der Waals surface area contributed by atoms with Gasteiger partial charge in [0.2, 0.25) is 15.9 Å². The first-order valence-electron chi connectivity index (χ1n) is 12.9. The molecule has 10 nitrogen and oxygen atoms in total. The van der Waals surface area contributed by atoms with Gasteiger partial charge < -0.3 is 14.8 Å². The van der Waals surface area contributed by atoms with Gasteiger partial charge in [-0.15, -0.1) is 0 Å². The molecule has 1 aliphatic heterocycles. The van der Waals surface area contributed by atoms with Gasteiger partial charge in [0.25, 0.3) is 10.0 Å². The quantitative estimate of drug-likeness (QED) is 0.360. The summed E-state index contributed by atoms with van der Waals surface area (Å²) in [5.41, 5.74) is 1.27. The van der Waals surface area contributed by atoms with E-state index in [1.807, 2.05) is 13.8 Å². The summed E-state index contributed by atoms with van der Waals surface area (Å²) in [6.45, 7) is 4.43. The first kappa shape index (κ1) is 29.4. The van der Waals surface area contributed by atoms with Crippen molar-refractivity contribution in [2.24, 2.45) is 0 Å². The maximum atomic E-state index is 13.7. The smallest absolute Gasteiger partial charge is 0.264 e. The van der Waals surface area contributed by atoms with Crippen LogP contribution >= 0.6 is 0 Å². The maximum absolute atomic E-state index is 13.7. The lowest BCUT2D eigenvalue weighted by atomic mass is 10.2. The van der Waals surface area contributed by atoms with E-state index in [-0.39, 0.29) is 26.9 Å². The van der Waals surface area contributed by atoms with Crippen LogP contribution < -0.4 is 19.1 Å². The van der Waals surface area contributed by atoms with Crippen molar-refractivity contribution < 1.29 is 31.1 Å². The fourth-order valence-electron chi connectivity index (χ4n) is 4.37. The Bertz CT molecular complexity index is 1550. The molecule has 12 heteroatoms. The number of sulfonamides is 2. The third-order valence-corrected chi connectivity index (χ3v) is 10.2. The van der Waals surface area contributed by atoms with E-state index < -0.39 is 32.5 Å². The number of rotatable bonds is 11. The lowest BCUT2D eigenvalue weighted by Gasteiger charge is -2.25. The molecule has 0 saturated carbocycles. The van der Waals surface area contributed by atoms with E-state index in [9.17, 15) is 21.6 Å². The summed E-state index contributed by atoms with van der Waals surface area (Å²) >= 11 is 0. The zero-order chi connectivity index (χ0) is 28.9. The Morgan fingerprint density at radius 2 is 1.55 bits per heavy atom. The van der Waals surface area contributed by atoms with Gasteiger partial charge >= 0.3 is 0 Å². The lowest BCUT2D eigenvalue weighted by molar-refractivity contribution is -0.114. The number of carbonyl (C=O) groups is 1. The second-order valence-electron chi connectivity index (χ2n) is 9.27. The lowest BCUT2D eigenvalue weighted by Crippen LogP contribution is -2.38. The molecule has 1 heterocycles. The zero-order valence-electron chi connectivity index (χ0n) is 22.7. The number of hydrogen-bond donors (Lipinski definition) is 1. The molecule has 0 spiro atoms. The van der Waals surface area contributed by atoms with Crippen molar-refractivity contribution in [3.63, 3.8) is 0 Å². The Morgan fingerprint density at radius 1 is 0.925 bits per heavy atom. The van der Waals surface area contributed by atoms with Gasteiger partial charge in [0, 0.05) is 13.1 Å². The molecule has 214 valence electrons. The van der Waals surface area contributed by atoms with E-state index in [2.05, 4.69) is 5.32 Å². The first-order chi connectivity index (χ1) is 19.1. The van der Waals surface area contributed by atoms with Crippen molar-refractivity contribution in [3.05, 3.63) is 72.3 Å². The molecule has 0 radical (unpaired) electrons. The Morgan fingerprint density at radius 3 is 2.15 bits per heavy atom. The molecule has 0 unspecified atom stereocenters. The van der Waals surface area contributed by atoms with Crippen LogP contribution in [0.1, 0.15) is 25.3 Å². The summed E-state index contributed by atoms with van der Waals surface area (Å²) in [6, 6.07) is 16.9. The van der Waals surface area contributed by atoms with Gasteiger partial charge in [-0.3, -0.25) is 9.10 Å². The monoisotopic (exact) mass is 587 g/mol. The van der Waals surface area contributed by atoms with Crippen LogP contribution in [0.4, 0.5) is 11.4 Å². The SMILES string of the molecule is CCOc1ccc(N(CC(=O)Nc2cc(S(=O)(=O)N3CCCC3)ccc2OC)S(=O)(=O)c2ccc(C)cc2)cc1. The highest BCUT2D eigenvalue weighted by molar-refractivity contribution is 7.92. The third kappa shape index (κ3) is 6.40. The van der Waals surface area contributed by atoms with E-state index >= 15 is 0 Å². The van der Waals surface area contributed by atoms with Crippen LogP contribution in [-0.4, -0.2) is 60.4 Å². The number of benzene rings is 3. The molecule has 1 aliphatic rings. The summed E-state index contributed by atoms with van der Waals surface area (Å²) in [4.78, 5) is 13.4. The van der Waals surface area contributed by atoms with Crippen LogP contribution in [0.5, 0.6) is 11.5 Å². The topological polar surface area (TPSA) is 122 Å². The average Bonchev–Trinajstić information content (AvgIpc) is 3.49. The molecule has 0 atom stereocenters. The van der Waals surface area contributed by atoms with Crippen molar-refractivity contribution in [1.29, 1.82) is 0 Å². The molecular formula is C28H33N3O7S2. The number of nitrogens with zero attached hydrogens (tertiary/aromatic N) is 2. The minimum Gasteiger partial charge on any atom is -0.495 e. The average molecular weight is 588 g/mol. The number of hydrogen-bond acceptors (Lipinski definition) is 7. The van der Waals surface area contributed by atoms with Gasteiger partial charge in [-0.2, -0.15) is 4.31 Å². The van der Waals surface area contributed by atoms with Crippen LogP contribution in [0.2, 0.25) is 0 Å². The van der Waals surface area contributed by atoms with Crippen molar-refractivity contribution in [2.75, 3.05) is 43.0 Å². The Labute approximate surface area is 235 Å². The molecule has 1 saturated heterocycles. The summed E-state index contributed by atoms with van der Waals surface area (Å²) in [5.74, 6) is 0.116. The predicted molar refractivity (Wildman–Crippen MR) is 153 cm³/mol. The number of aryl methyl sites for hydroxylation is 1. The molecule has 4 rings (SSSR count). The van der Waals surface area contributed by atoms with Gasteiger partial charge in [-0.1, -0.05) is 17.7 Å². The van der Waals surface area contributed by atoms with E-state index in [0.29, 0.717) is 25.4 Å². The molecule has 40 heavy (non-hydrogen) atoms. The molecular weight excluding hydrogens is 554 g/mol. The molecule has 0 aromatic heterocycles. The summed E-state index contributed by atoms with van der Waals surface area (Å²) < 4.78 is 66.8. The minimum absolute atomic E-state index is 0.0149. The van der Waals surface area contributed by atoms with Crippen LogP contribution in [0, 0.1) is 6.92 Å². The van der Waals surface area contributed by atoms with Crippen molar-refractivity contribution in [1.82, 2.24) is 4.31 Å². The zero-order valence-corrected chi connectivity index (χ0v) is 24.3. The maximum Gasteiger partial charge on any atom is 0.264 e. The van der Waals surface area contributed by atoms with E-state index in [0.717, 1.165) is 22.7 Å². The highest BCUT2D eigenvalue weighted by Crippen LogP contribution is 2.31. The fraction of sp³-hybridized carbons (Fsp3) is 0.321. The number of carbonyl (C=O) groups excluding carboxylic acids is 1. The summed E-state index contributed by atoms with van der Waals surface area (Å²) in [6.07, 6.45) is 1.58. The number of amides is 1. The van der Waals surface area contributed by atoms with Crippen LogP contribution in [-0.2, 0) is 24.8 Å². The fourth-order valence-corrected chi connectivity index (χ4v) is 7.34. The second-order valence-corrected chi connectivity index (χ2v) is 13.1. The summed E-state index contributed by atoms with van der Waals surface area (Å²) in [7, 11) is -6.50. The molecule has 1 amide bonds. The van der Waals surface area contributed by atoms with Gasteiger partial charge in [-0.25, -0.2) is 16.8 Å².